The molecule has 0 amide bonds. The third-order valence-electron chi connectivity index (χ3n) is 3.41. The van der Waals surface area contributed by atoms with Gasteiger partial charge in [-0.05, 0) is 44.8 Å². The summed E-state index contributed by atoms with van der Waals surface area (Å²) in [5.41, 5.74) is 2.22. The number of thiophene rings is 1. The molecule has 1 atom stereocenters. The van der Waals surface area contributed by atoms with Crippen LogP contribution in [0.3, 0.4) is 0 Å². The van der Waals surface area contributed by atoms with Crippen molar-refractivity contribution in [2.24, 2.45) is 0 Å². The summed E-state index contributed by atoms with van der Waals surface area (Å²) in [6.07, 6.45) is -0.474. The Morgan fingerprint density at radius 2 is 1.90 bits per heavy atom. The van der Waals surface area contributed by atoms with Crippen molar-refractivity contribution in [3.63, 3.8) is 0 Å². The number of aliphatic hydroxyl groups is 1. The van der Waals surface area contributed by atoms with Gasteiger partial charge in [0.15, 0.2) is 0 Å². The predicted molar refractivity (Wildman–Crippen MR) is 84.9 cm³/mol. The van der Waals surface area contributed by atoms with Crippen molar-refractivity contribution in [2.45, 2.75) is 12.6 Å². The average Bonchev–Trinajstić information content (AvgIpc) is 3.00. The number of benzene rings is 2. The van der Waals surface area contributed by atoms with E-state index in [0.29, 0.717) is 6.54 Å². The minimum atomic E-state index is -0.474. The standard InChI is InChI=1S/C17H17NOS/c19-17(11-18-10-13-7-8-20-12-13)16-6-5-14-3-1-2-4-15(14)9-16/h1-9,12,17-19H,10-11H2. The van der Waals surface area contributed by atoms with Crippen LogP contribution in [0, 0.1) is 0 Å². The zero-order valence-corrected chi connectivity index (χ0v) is 11.9. The van der Waals surface area contributed by atoms with Gasteiger partial charge in [0.25, 0.3) is 0 Å². The monoisotopic (exact) mass is 283 g/mol. The van der Waals surface area contributed by atoms with Crippen LogP contribution < -0.4 is 5.32 Å². The van der Waals surface area contributed by atoms with E-state index in [9.17, 15) is 5.11 Å². The fraction of sp³-hybridized carbons (Fsp3) is 0.176. The van der Waals surface area contributed by atoms with Gasteiger partial charge >= 0.3 is 0 Å². The molecule has 3 aromatic rings. The van der Waals surface area contributed by atoms with Crippen molar-refractivity contribution in [1.29, 1.82) is 0 Å². The molecular formula is C17H17NOS. The van der Waals surface area contributed by atoms with E-state index in [1.54, 1.807) is 11.3 Å². The Kier molecular flexibility index (Phi) is 4.11. The maximum absolute atomic E-state index is 10.2. The first kappa shape index (κ1) is 13.3. The summed E-state index contributed by atoms with van der Waals surface area (Å²) < 4.78 is 0. The highest BCUT2D eigenvalue weighted by atomic mass is 32.1. The molecule has 3 heteroatoms. The molecule has 102 valence electrons. The molecule has 3 rings (SSSR count). The summed E-state index contributed by atoms with van der Waals surface area (Å²) in [5, 5.41) is 20.1. The Morgan fingerprint density at radius 1 is 1.05 bits per heavy atom. The molecule has 0 saturated carbocycles. The third kappa shape index (κ3) is 3.07. The van der Waals surface area contributed by atoms with Gasteiger partial charge in [0, 0.05) is 13.1 Å². The fourth-order valence-corrected chi connectivity index (χ4v) is 2.95. The highest BCUT2D eigenvalue weighted by Gasteiger charge is 2.07. The van der Waals surface area contributed by atoms with Gasteiger partial charge in [-0.15, -0.1) is 0 Å². The molecule has 2 N–H and O–H groups in total. The SMILES string of the molecule is OC(CNCc1ccsc1)c1ccc2ccccc2c1. The molecule has 1 aromatic heterocycles. The van der Waals surface area contributed by atoms with Gasteiger partial charge in [0.2, 0.25) is 0 Å². The zero-order chi connectivity index (χ0) is 13.8. The van der Waals surface area contributed by atoms with E-state index < -0.39 is 6.10 Å². The van der Waals surface area contributed by atoms with Gasteiger partial charge in [0.05, 0.1) is 6.10 Å². The maximum Gasteiger partial charge on any atom is 0.0914 e. The Bertz CT molecular complexity index is 678. The number of aliphatic hydroxyl groups excluding tert-OH is 1. The molecule has 2 nitrogen and oxygen atoms in total. The lowest BCUT2D eigenvalue weighted by atomic mass is 10.0. The minimum Gasteiger partial charge on any atom is -0.387 e. The van der Waals surface area contributed by atoms with Crippen LogP contribution in [0.15, 0.2) is 59.3 Å². The van der Waals surface area contributed by atoms with Crippen LogP contribution >= 0.6 is 11.3 Å². The first-order chi connectivity index (χ1) is 9.83. The Morgan fingerprint density at radius 3 is 2.70 bits per heavy atom. The van der Waals surface area contributed by atoms with E-state index in [4.69, 9.17) is 0 Å². The van der Waals surface area contributed by atoms with Crippen molar-refractivity contribution in [1.82, 2.24) is 5.32 Å². The summed E-state index contributed by atoms with van der Waals surface area (Å²) in [6, 6.07) is 16.4. The molecular weight excluding hydrogens is 266 g/mol. The molecule has 0 spiro atoms. The summed E-state index contributed by atoms with van der Waals surface area (Å²) in [7, 11) is 0. The molecule has 1 unspecified atom stereocenters. The van der Waals surface area contributed by atoms with Crippen molar-refractivity contribution >= 4 is 22.1 Å². The maximum atomic E-state index is 10.2. The van der Waals surface area contributed by atoms with Crippen molar-refractivity contribution in [3.05, 3.63) is 70.4 Å². The van der Waals surface area contributed by atoms with Crippen LogP contribution in [0.25, 0.3) is 10.8 Å². The van der Waals surface area contributed by atoms with Crippen LogP contribution in [-0.2, 0) is 6.54 Å². The highest BCUT2D eigenvalue weighted by Crippen LogP contribution is 2.20. The summed E-state index contributed by atoms with van der Waals surface area (Å²) >= 11 is 1.69. The Balaban J connectivity index is 1.64. The zero-order valence-electron chi connectivity index (χ0n) is 11.1. The fourth-order valence-electron chi connectivity index (χ4n) is 2.28. The molecule has 0 aliphatic heterocycles. The van der Waals surface area contributed by atoms with Crippen LogP contribution in [0.4, 0.5) is 0 Å². The average molecular weight is 283 g/mol. The summed E-state index contributed by atoms with van der Waals surface area (Å²) in [5.74, 6) is 0. The number of nitrogens with one attached hydrogen (secondary N) is 1. The molecule has 0 aliphatic rings. The quantitative estimate of drug-likeness (QED) is 0.748. The number of fused-ring (bicyclic) bond motifs is 1. The molecule has 0 radical (unpaired) electrons. The van der Waals surface area contributed by atoms with Crippen LogP contribution in [0.2, 0.25) is 0 Å². The van der Waals surface area contributed by atoms with Gasteiger partial charge < -0.3 is 10.4 Å². The largest absolute Gasteiger partial charge is 0.387 e. The molecule has 0 bridgehead atoms. The van der Waals surface area contributed by atoms with E-state index in [0.717, 1.165) is 12.1 Å². The van der Waals surface area contributed by atoms with Gasteiger partial charge in [-0.2, -0.15) is 11.3 Å². The Hall–Kier alpha value is -1.68. The number of rotatable bonds is 5. The molecule has 0 fully saturated rings. The normalized spacial score (nSPS) is 12.7. The van der Waals surface area contributed by atoms with E-state index in [1.165, 1.54) is 16.3 Å². The van der Waals surface area contributed by atoms with Crippen LogP contribution in [0.5, 0.6) is 0 Å². The highest BCUT2D eigenvalue weighted by molar-refractivity contribution is 7.07. The van der Waals surface area contributed by atoms with Gasteiger partial charge in [0.1, 0.15) is 0 Å². The lowest BCUT2D eigenvalue weighted by Gasteiger charge is -2.12. The second kappa shape index (κ2) is 6.18. The molecule has 0 aliphatic carbocycles. The number of hydrogen-bond donors (Lipinski definition) is 2. The molecule has 0 saturated heterocycles. The molecule has 2 aromatic carbocycles. The first-order valence-electron chi connectivity index (χ1n) is 6.71. The Labute approximate surface area is 122 Å². The van der Waals surface area contributed by atoms with Crippen LogP contribution in [0.1, 0.15) is 17.2 Å². The smallest absolute Gasteiger partial charge is 0.0914 e. The van der Waals surface area contributed by atoms with Gasteiger partial charge in [-0.25, -0.2) is 0 Å². The topological polar surface area (TPSA) is 32.3 Å². The molecule has 1 heterocycles. The predicted octanol–water partition coefficient (Wildman–Crippen LogP) is 3.72. The first-order valence-corrected chi connectivity index (χ1v) is 7.66. The summed E-state index contributed by atoms with van der Waals surface area (Å²) in [4.78, 5) is 0. The van der Waals surface area contributed by atoms with E-state index in [-0.39, 0.29) is 0 Å². The third-order valence-corrected chi connectivity index (χ3v) is 4.14. The lowest BCUT2D eigenvalue weighted by molar-refractivity contribution is 0.174. The minimum absolute atomic E-state index is 0.474. The van der Waals surface area contributed by atoms with Crippen LogP contribution in [-0.4, -0.2) is 11.7 Å². The van der Waals surface area contributed by atoms with E-state index >= 15 is 0 Å². The second-order valence-electron chi connectivity index (χ2n) is 4.88. The van der Waals surface area contributed by atoms with Gasteiger partial charge in [-0.1, -0.05) is 36.4 Å². The lowest BCUT2D eigenvalue weighted by Crippen LogP contribution is -2.20. The van der Waals surface area contributed by atoms with Gasteiger partial charge in [-0.3, -0.25) is 0 Å². The molecule has 20 heavy (non-hydrogen) atoms. The van der Waals surface area contributed by atoms with E-state index in [2.05, 4.69) is 46.4 Å². The van der Waals surface area contributed by atoms with Crippen molar-refractivity contribution in [3.8, 4) is 0 Å². The van der Waals surface area contributed by atoms with E-state index in [1.807, 2.05) is 18.2 Å². The second-order valence-corrected chi connectivity index (χ2v) is 5.66. The number of hydrogen-bond acceptors (Lipinski definition) is 3. The summed E-state index contributed by atoms with van der Waals surface area (Å²) in [6.45, 7) is 1.36. The van der Waals surface area contributed by atoms with Crippen molar-refractivity contribution < 1.29 is 5.11 Å². The van der Waals surface area contributed by atoms with Crippen molar-refractivity contribution in [2.75, 3.05) is 6.54 Å².